The molecule has 2 heteroatoms. The molecule has 0 N–H and O–H groups in total. The molecule has 0 saturated heterocycles. The van der Waals surface area contributed by atoms with Gasteiger partial charge in [0.15, 0.2) is 0 Å². The van der Waals surface area contributed by atoms with Gasteiger partial charge in [0.2, 0.25) is 0 Å². The Morgan fingerprint density at radius 3 is 1.86 bits per heavy atom. The van der Waals surface area contributed by atoms with Crippen molar-refractivity contribution in [2.75, 3.05) is 6.61 Å². The smallest absolute Gasteiger partial charge is 0.305 e. The zero-order valence-corrected chi connectivity index (χ0v) is 19.5. The molecule has 0 aliphatic heterocycles. The molecule has 0 aliphatic carbocycles. The van der Waals surface area contributed by atoms with Gasteiger partial charge in [-0.05, 0) is 44.9 Å². The first-order valence-corrected chi connectivity index (χ1v) is 12.4. The molecule has 0 aromatic carbocycles. The molecule has 168 valence electrons. The predicted molar refractivity (Wildman–Crippen MR) is 128 cm³/mol. The second-order valence-corrected chi connectivity index (χ2v) is 7.94. The topological polar surface area (TPSA) is 26.3 Å². The first-order chi connectivity index (χ1) is 14.3. The summed E-state index contributed by atoms with van der Waals surface area (Å²) in [6.45, 7) is 5.02. The van der Waals surface area contributed by atoms with E-state index in [9.17, 15) is 4.79 Å². The SMILES string of the molecule is CCC=CCC=CCC=CCCCCCCCC(=O)OCCCCCCCCC. The van der Waals surface area contributed by atoms with Crippen molar-refractivity contribution in [3.05, 3.63) is 36.5 Å². The van der Waals surface area contributed by atoms with E-state index in [4.69, 9.17) is 4.74 Å². The third kappa shape index (κ3) is 24.7. The van der Waals surface area contributed by atoms with E-state index in [-0.39, 0.29) is 5.97 Å². The summed E-state index contributed by atoms with van der Waals surface area (Å²) in [6.07, 6.45) is 33.1. The Kier molecular flexibility index (Phi) is 23.6. The molecule has 0 unspecified atom stereocenters. The molecule has 0 fully saturated rings. The summed E-state index contributed by atoms with van der Waals surface area (Å²) in [5.74, 6) is -0.00263. The minimum Gasteiger partial charge on any atom is -0.466 e. The quantitative estimate of drug-likeness (QED) is 0.108. The van der Waals surface area contributed by atoms with Gasteiger partial charge in [-0.1, -0.05) is 108 Å². The van der Waals surface area contributed by atoms with Gasteiger partial charge in [-0.15, -0.1) is 0 Å². The average molecular weight is 405 g/mol. The van der Waals surface area contributed by atoms with Crippen molar-refractivity contribution in [3.63, 3.8) is 0 Å². The van der Waals surface area contributed by atoms with Crippen molar-refractivity contribution in [2.45, 2.75) is 123 Å². The van der Waals surface area contributed by atoms with Gasteiger partial charge >= 0.3 is 5.97 Å². The Bertz CT molecular complexity index is 420. The van der Waals surface area contributed by atoms with Crippen LogP contribution in [-0.2, 0) is 9.53 Å². The van der Waals surface area contributed by atoms with Crippen molar-refractivity contribution >= 4 is 5.97 Å². The molecule has 0 aromatic rings. The standard InChI is InChI=1S/C27H48O2/c1-3-5-7-9-11-12-13-14-15-16-17-18-19-21-23-25-27(28)29-26-24-22-20-10-8-6-4-2/h5,7,11-12,14-15H,3-4,6,8-10,13,16-26H2,1-2H3. The maximum atomic E-state index is 11.7. The zero-order valence-electron chi connectivity index (χ0n) is 19.5. The number of carbonyl (C=O) groups excluding carboxylic acids is 1. The lowest BCUT2D eigenvalue weighted by Gasteiger charge is -2.05. The van der Waals surface area contributed by atoms with E-state index in [1.165, 1.54) is 64.2 Å². The van der Waals surface area contributed by atoms with Crippen LogP contribution in [0.1, 0.15) is 123 Å². The zero-order chi connectivity index (χ0) is 21.3. The van der Waals surface area contributed by atoms with Crippen molar-refractivity contribution in [1.29, 1.82) is 0 Å². The number of allylic oxidation sites excluding steroid dienone is 6. The summed E-state index contributed by atoms with van der Waals surface area (Å²) in [5, 5.41) is 0. The third-order valence-electron chi connectivity index (χ3n) is 5.04. The molecule has 0 heterocycles. The Morgan fingerprint density at radius 1 is 0.621 bits per heavy atom. The summed E-state index contributed by atoms with van der Waals surface area (Å²) < 4.78 is 5.33. The first kappa shape index (κ1) is 27.7. The average Bonchev–Trinajstić information content (AvgIpc) is 2.72. The van der Waals surface area contributed by atoms with Crippen LogP contribution in [-0.4, -0.2) is 12.6 Å². The van der Waals surface area contributed by atoms with Crippen LogP contribution in [0.5, 0.6) is 0 Å². The fraction of sp³-hybridized carbons (Fsp3) is 0.741. The monoisotopic (exact) mass is 404 g/mol. The lowest BCUT2D eigenvalue weighted by atomic mass is 10.1. The van der Waals surface area contributed by atoms with E-state index in [2.05, 4.69) is 50.3 Å². The van der Waals surface area contributed by atoms with Crippen molar-refractivity contribution in [3.8, 4) is 0 Å². The van der Waals surface area contributed by atoms with Gasteiger partial charge in [0.25, 0.3) is 0 Å². The fourth-order valence-corrected chi connectivity index (χ4v) is 3.21. The molecule has 29 heavy (non-hydrogen) atoms. The lowest BCUT2D eigenvalue weighted by molar-refractivity contribution is -0.143. The Labute approximate surface area is 181 Å². The molecular weight excluding hydrogens is 356 g/mol. The van der Waals surface area contributed by atoms with Crippen LogP contribution in [0.25, 0.3) is 0 Å². The minimum atomic E-state index is -0.00263. The first-order valence-electron chi connectivity index (χ1n) is 12.4. The van der Waals surface area contributed by atoms with Crippen molar-refractivity contribution < 1.29 is 9.53 Å². The molecule has 0 spiro atoms. The fourth-order valence-electron chi connectivity index (χ4n) is 3.21. The normalized spacial score (nSPS) is 11.9. The van der Waals surface area contributed by atoms with E-state index < -0.39 is 0 Å². The van der Waals surface area contributed by atoms with Gasteiger partial charge in [0.05, 0.1) is 6.61 Å². The van der Waals surface area contributed by atoms with Gasteiger partial charge in [0.1, 0.15) is 0 Å². The number of hydrogen-bond acceptors (Lipinski definition) is 2. The molecule has 0 aromatic heterocycles. The van der Waals surface area contributed by atoms with Gasteiger partial charge in [-0.25, -0.2) is 0 Å². The highest BCUT2D eigenvalue weighted by molar-refractivity contribution is 5.69. The molecule has 0 atom stereocenters. The number of ether oxygens (including phenoxy) is 1. The summed E-state index contributed by atoms with van der Waals surface area (Å²) in [6, 6.07) is 0. The third-order valence-corrected chi connectivity index (χ3v) is 5.04. The highest BCUT2D eigenvalue weighted by atomic mass is 16.5. The Hall–Kier alpha value is -1.31. The number of unbranched alkanes of at least 4 members (excludes halogenated alkanes) is 11. The molecule has 0 bridgehead atoms. The Balaban J connectivity index is 3.28. The predicted octanol–water partition coefficient (Wildman–Crippen LogP) is 8.87. The van der Waals surface area contributed by atoms with Crippen LogP contribution in [0.4, 0.5) is 0 Å². The van der Waals surface area contributed by atoms with Gasteiger partial charge in [-0.2, -0.15) is 0 Å². The number of rotatable bonds is 21. The molecule has 2 nitrogen and oxygen atoms in total. The van der Waals surface area contributed by atoms with Crippen LogP contribution >= 0.6 is 0 Å². The summed E-state index contributed by atoms with van der Waals surface area (Å²) in [4.78, 5) is 11.7. The molecular formula is C27H48O2. The summed E-state index contributed by atoms with van der Waals surface area (Å²) in [7, 11) is 0. The molecule has 0 radical (unpaired) electrons. The largest absolute Gasteiger partial charge is 0.466 e. The maximum Gasteiger partial charge on any atom is 0.305 e. The van der Waals surface area contributed by atoms with Crippen LogP contribution in [0.3, 0.4) is 0 Å². The minimum absolute atomic E-state index is 0.00263. The number of carbonyl (C=O) groups is 1. The lowest BCUT2D eigenvalue weighted by Crippen LogP contribution is -2.05. The molecule has 0 rings (SSSR count). The van der Waals surface area contributed by atoms with E-state index in [0.29, 0.717) is 13.0 Å². The molecule has 0 saturated carbocycles. The Morgan fingerprint density at radius 2 is 1.17 bits per heavy atom. The second-order valence-electron chi connectivity index (χ2n) is 7.94. The van der Waals surface area contributed by atoms with Crippen molar-refractivity contribution in [1.82, 2.24) is 0 Å². The summed E-state index contributed by atoms with van der Waals surface area (Å²) in [5.41, 5.74) is 0. The maximum absolute atomic E-state index is 11.7. The number of hydrogen-bond donors (Lipinski definition) is 0. The van der Waals surface area contributed by atoms with Crippen LogP contribution < -0.4 is 0 Å². The van der Waals surface area contributed by atoms with Crippen LogP contribution in [0.2, 0.25) is 0 Å². The van der Waals surface area contributed by atoms with Crippen LogP contribution in [0.15, 0.2) is 36.5 Å². The van der Waals surface area contributed by atoms with E-state index in [1.54, 1.807) is 0 Å². The van der Waals surface area contributed by atoms with Gasteiger partial charge in [0, 0.05) is 6.42 Å². The highest BCUT2D eigenvalue weighted by Crippen LogP contribution is 2.10. The van der Waals surface area contributed by atoms with Gasteiger partial charge < -0.3 is 4.74 Å². The number of esters is 1. The van der Waals surface area contributed by atoms with Gasteiger partial charge in [-0.3, -0.25) is 4.79 Å². The second kappa shape index (κ2) is 24.7. The molecule has 0 aliphatic rings. The highest BCUT2D eigenvalue weighted by Gasteiger charge is 2.02. The van der Waals surface area contributed by atoms with E-state index in [0.717, 1.165) is 38.5 Å². The summed E-state index contributed by atoms with van der Waals surface area (Å²) >= 11 is 0. The van der Waals surface area contributed by atoms with Crippen LogP contribution in [0, 0.1) is 0 Å². The van der Waals surface area contributed by atoms with E-state index in [1.807, 2.05) is 0 Å². The van der Waals surface area contributed by atoms with Crippen molar-refractivity contribution in [2.24, 2.45) is 0 Å². The van der Waals surface area contributed by atoms with E-state index >= 15 is 0 Å². The molecule has 0 amide bonds.